The van der Waals surface area contributed by atoms with Gasteiger partial charge in [-0.3, -0.25) is 9.97 Å². The molecule has 132 valence electrons. The monoisotopic (exact) mass is 332 g/mol. The van der Waals surface area contributed by atoms with Crippen LogP contribution in [-0.2, 0) is 11.2 Å². The summed E-state index contributed by atoms with van der Waals surface area (Å²) in [5.41, 5.74) is 0.494. The van der Waals surface area contributed by atoms with Crippen molar-refractivity contribution in [2.75, 3.05) is 19.8 Å². The van der Waals surface area contributed by atoms with Crippen molar-refractivity contribution in [3.8, 4) is 0 Å². The highest BCUT2D eigenvalue weighted by Crippen LogP contribution is 2.20. The smallest absolute Gasteiger partial charge is 0.126 e. The second-order valence-corrected chi connectivity index (χ2v) is 5.07. The van der Waals surface area contributed by atoms with E-state index in [2.05, 4.69) is 9.97 Å². The average molecular weight is 332 g/mol. The fourth-order valence-corrected chi connectivity index (χ4v) is 1.97. The normalized spacial score (nSPS) is 18.2. The molecule has 0 aliphatic rings. The van der Waals surface area contributed by atoms with E-state index in [0.717, 1.165) is 0 Å². The summed E-state index contributed by atoms with van der Waals surface area (Å²) in [4.78, 5) is 8.01. The molecule has 23 heavy (non-hydrogen) atoms. The molecule has 1 aromatic rings. The Balaban J connectivity index is 2.77. The van der Waals surface area contributed by atoms with Gasteiger partial charge in [0, 0.05) is 19.2 Å². The van der Waals surface area contributed by atoms with Crippen LogP contribution in [0.4, 0.5) is 0 Å². The predicted molar refractivity (Wildman–Crippen MR) is 78.3 cm³/mol. The number of aliphatic hydroxyl groups excluding tert-OH is 6. The van der Waals surface area contributed by atoms with E-state index >= 15 is 0 Å². The second-order valence-electron chi connectivity index (χ2n) is 5.07. The number of aliphatic hydroxyl groups is 6. The maximum Gasteiger partial charge on any atom is 0.126 e. The molecule has 0 aliphatic carbocycles. The number of aromatic nitrogens is 2. The highest BCUT2D eigenvalue weighted by molar-refractivity contribution is 5.08. The molecule has 0 bridgehead atoms. The highest BCUT2D eigenvalue weighted by atomic mass is 16.5. The zero-order valence-electron chi connectivity index (χ0n) is 12.9. The first kappa shape index (κ1) is 19.8. The first-order chi connectivity index (χ1) is 10.9. The lowest BCUT2D eigenvalue weighted by molar-refractivity contribution is -0.112. The summed E-state index contributed by atoms with van der Waals surface area (Å²) in [6.07, 6.45) is -3.51. The van der Waals surface area contributed by atoms with Crippen molar-refractivity contribution in [3.05, 3.63) is 23.8 Å². The van der Waals surface area contributed by atoms with Crippen LogP contribution in [0.3, 0.4) is 0 Å². The molecule has 0 fully saturated rings. The molecule has 0 saturated carbocycles. The molecule has 1 aromatic heterocycles. The summed E-state index contributed by atoms with van der Waals surface area (Å²) < 4.78 is 5.22. The van der Waals surface area contributed by atoms with Crippen LogP contribution in [0.5, 0.6) is 0 Å². The Bertz CT molecular complexity index is 445. The van der Waals surface area contributed by atoms with Gasteiger partial charge in [0.25, 0.3) is 0 Å². The Morgan fingerprint density at radius 2 is 1.61 bits per heavy atom. The van der Waals surface area contributed by atoms with E-state index in [0.29, 0.717) is 5.69 Å². The van der Waals surface area contributed by atoms with Crippen molar-refractivity contribution in [2.45, 2.75) is 43.9 Å². The van der Waals surface area contributed by atoms with Gasteiger partial charge in [-0.05, 0) is 6.92 Å². The molecule has 0 saturated heterocycles. The maximum absolute atomic E-state index is 10.2. The SMILES string of the molecule is CCO[C@H]([C@H](O)CO)[C@H](O)c1cnc(C[C@H](O)[C@H](O)CO)cn1. The summed E-state index contributed by atoms with van der Waals surface area (Å²) in [5, 5.41) is 56.5. The van der Waals surface area contributed by atoms with Crippen molar-refractivity contribution in [1.82, 2.24) is 9.97 Å². The molecular formula is C14H24N2O7. The number of ether oxygens (including phenoxy) is 1. The molecule has 9 nitrogen and oxygen atoms in total. The quantitative estimate of drug-likeness (QED) is 0.273. The van der Waals surface area contributed by atoms with Crippen molar-refractivity contribution < 1.29 is 35.4 Å². The van der Waals surface area contributed by atoms with E-state index < -0.39 is 43.7 Å². The molecule has 0 radical (unpaired) electrons. The summed E-state index contributed by atoms with van der Waals surface area (Å²) >= 11 is 0. The number of hydrogen-bond donors (Lipinski definition) is 6. The van der Waals surface area contributed by atoms with E-state index in [1.165, 1.54) is 12.4 Å². The van der Waals surface area contributed by atoms with Gasteiger partial charge in [-0.2, -0.15) is 0 Å². The standard InChI is InChI=1S/C14H24N2O7/c1-2-23-14(12(21)7-18)13(22)9-5-15-8(4-16-9)3-10(19)11(20)6-17/h4-5,10-14,17-22H,2-3,6-7H2,1H3/t10-,11+,12+,13+,14+/m0/s1. The lowest BCUT2D eigenvalue weighted by atomic mass is 10.1. The van der Waals surface area contributed by atoms with E-state index in [1.54, 1.807) is 6.92 Å². The van der Waals surface area contributed by atoms with Gasteiger partial charge in [0.15, 0.2) is 0 Å². The van der Waals surface area contributed by atoms with Crippen LogP contribution in [0.25, 0.3) is 0 Å². The van der Waals surface area contributed by atoms with Crippen molar-refractivity contribution in [1.29, 1.82) is 0 Å². The molecule has 0 amide bonds. The molecule has 5 atom stereocenters. The number of rotatable bonds is 10. The Kier molecular flexibility index (Phi) is 8.48. The molecular weight excluding hydrogens is 308 g/mol. The third-order valence-corrected chi connectivity index (χ3v) is 3.31. The van der Waals surface area contributed by atoms with Crippen molar-refractivity contribution in [3.63, 3.8) is 0 Å². The van der Waals surface area contributed by atoms with Gasteiger partial charge in [0.05, 0.1) is 36.9 Å². The van der Waals surface area contributed by atoms with E-state index in [9.17, 15) is 20.4 Å². The van der Waals surface area contributed by atoms with Gasteiger partial charge in [-0.1, -0.05) is 0 Å². The minimum atomic E-state index is -1.29. The predicted octanol–water partition coefficient (Wildman–Crippen LogP) is -2.48. The summed E-state index contributed by atoms with van der Waals surface area (Å²) in [6, 6.07) is 0. The van der Waals surface area contributed by atoms with Gasteiger partial charge >= 0.3 is 0 Å². The zero-order valence-corrected chi connectivity index (χ0v) is 12.9. The Hall–Kier alpha value is -1.20. The third kappa shape index (κ3) is 5.74. The fraction of sp³-hybridized carbons (Fsp3) is 0.714. The highest BCUT2D eigenvalue weighted by Gasteiger charge is 2.29. The average Bonchev–Trinajstić information content (AvgIpc) is 2.58. The van der Waals surface area contributed by atoms with Crippen LogP contribution < -0.4 is 0 Å². The summed E-state index contributed by atoms with van der Waals surface area (Å²) in [7, 11) is 0. The topological polar surface area (TPSA) is 156 Å². The molecule has 0 spiro atoms. The van der Waals surface area contributed by atoms with Crippen LogP contribution in [0.1, 0.15) is 24.4 Å². The molecule has 1 heterocycles. The van der Waals surface area contributed by atoms with Gasteiger partial charge in [-0.25, -0.2) is 0 Å². The first-order valence-corrected chi connectivity index (χ1v) is 7.30. The lowest BCUT2D eigenvalue weighted by Gasteiger charge is -2.25. The molecule has 0 aromatic carbocycles. The second kappa shape index (κ2) is 9.83. The van der Waals surface area contributed by atoms with Gasteiger partial charge in [0.2, 0.25) is 0 Å². The van der Waals surface area contributed by atoms with E-state index in [4.69, 9.17) is 14.9 Å². The molecule has 6 N–H and O–H groups in total. The van der Waals surface area contributed by atoms with Gasteiger partial charge < -0.3 is 35.4 Å². The van der Waals surface area contributed by atoms with E-state index in [1.807, 2.05) is 0 Å². The summed E-state index contributed by atoms with van der Waals surface area (Å²) in [5.74, 6) is 0. The first-order valence-electron chi connectivity index (χ1n) is 7.30. The lowest BCUT2D eigenvalue weighted by Crippen LogP contribution is -2.37. The Morgan fingerprint density at radius 3 is 2.09 bits per heavy atom. The molecule has 9 heteroatoms. The molecule has 0 aliphatic heterocycles. The van der Waals surface area contributed by atoms with Crippen molar-refractivity contribution >= 4 is 0 Å². The van der Waals surface area contributed by atoms with Crippen LogP contribution >= 0.6 is 0 Å². The van der Waals surface area contributed by atoms with Gasteiger partial charge in [-0.15, -0.1) is 0 Å². The minimum absolute atomic E-state index is 0.0146. The van der Waals surface area contributed by atoms with Gasteiger partial charge in [0.1, 0.15) is 24.4 Å². The Morgan fingerprint density at radius 1 is 0.957 bits per heavy atom. The fourth-order valence-electron chi connectivity index (χ4n) is 1.97. The molecule has 1 rings (SSSR count). The van der Waals surface area contributed by atoms with Crippen LogP contribution in [0.2, 0.25) is 0 Å². The van der Waals surface area contributed by atoms with E-state index in [-0.39, 0.29) is 18.7 Å². The zero-order chi connectivity index (χ0) is 17.4. The van der Waals surface area contributed by atoms with Crippen LogP contribution in [-0.4, -0.2) is 84.8 Å². The minimum Gasteiger partial charge on any atom is -0.394 e. The largest absolute Gasteiger partial charge is 0.394 e. The van der Waals surface area contributed by atoms with Crippen LogP contribution in [0, 0.1) is 0 Å². The number of hydrogen-bond acceptors (Lipinski definition) is 9. The molecule has 0 unspecified atom stereocenters. The van der Waals surface area contributed by atoms with Crippen LogP contribution in [0.15, 0.2) is 12.4 Å². The number of nitrogens with zero attached hydrogens (tertiary/aromatic N) is 2. The Labute approximate surface area is 133 Å². The maximum atomic E-state index is 10.2. The van der Waals surface area contributed by atoms with Crippen molar-refractivity contribution in [2.24, 2.45) is 0 Å². The third-order valence-electron chi connectivity index (χ3n) is 3.31. The summed E-state index contributed by atoms with van der Waals surface area (Å²) in [6.45, 7) is 0.779.